The summed E-state index contributed by atoms with van der Waals surface area (Å²) < 4.78 is 22.4. The second-order valence-corrected chi connectivity index (χ2v) is 6.14. The fourth-order valence-corrected chi connectivity index (χ4v) is 2.43. The summed E-state index contributed by atoms with van der Waals surface area (Å²) in [5.41, 5.74) is 9.21. The number of primary sulfonamides is 1. The maximum absolute atomic E-state index is 11.2. The molecule has 5 nitrogen and oxygen atoms in total. The van der Waals surface area contributed by atoms with Crippen molar-refractivity contribution in [1.82, 2.24) is 0 Å². The van der Waals surface area contributed by atoms with Gasteiger partial charge in [-0.05, 0) is 36.2 Å². The van der Waals surface area contributed by atoms with E-state index >= 15 is 0 Å². The van der Waals surface area contributed by atoms with Gasteiger partial charge >= 0.3 is 0 Å². The highest BCUT2D eigenvalue weighted by atomic mass is 32.2. The molecule has 0 aliphatic heterocycles. The van der Waals surface area contributed by atoms with Gasteiger partial charge < -0.3 is 11.1 Å². The molecule has 0 radical (unpaired) electrons. The molecule has 0 bridgehead atoms. The normalized spacial score (nSPS) is 11.3. The molecule has 0 saturated heterocycles. The molecule has 0 spiro atoms. The highest BCUT2D eigenvalue weighted by Gasteiger charge is 2.10. The van der Waals surface area contributed by atoms with E-state index in [1.807, 2.05) is 31.2 Å². The quantitative estimate of drug-likeness (QED) is 0.748. The summed E-state index contributed by atoms with van der Waals surface area (Å²) in [6, 6.07) is 12.4. The Morgan fingerprint density at radius 1 is 1.15 bits per heavy atom. The number of nitrogens with one attached hydrogen (secondary N) is 1. The Bertz CT molecular complexity index is 727. The lowest BCUT2D eigenvalue weighted by atomic mass is 10.1. The monoisotopic (exact) mass is 291 g/mol. The first-order valence-electron chi connectivity index (χ1n) is 6.08. The van der Waals surface area contributed by atoms with Gasteiger partial charge in [0.2, 0.25) is 10.0 Å². The molecule has 5 N–H and O–H groups in total. The van der Waals surface area contributed by atoms with Crippen LogP contribution in [0.3, 0.4) is 0 Å². The smallest absolute Gasteiger partial charge is 0.238 e. The van der Waals surface area contributed by atoms with E-state index in [0.29, 0.717) is 17.9 Å². The number of hydrogen-bond acceptors (Lipinski definition) is 4. The summed E-state index contributed by atoms with van der Waals surface area (Å²) in [6.45, 7) is 2.65. The molecule has 0 amide bonds. The molecule has 0 aliphatic rings. The maximum Gasteiger partial charge on any atom is 0.238 e. The van der Waals surface area contributed by atoms with E-state index in [1.54, 1.807) is 6.07 Å². The van der Waals surface area contributed by atoms with Crippen LogP contribution in [0.25, 0.3) is 0 Å². The first kappa shape index (κ1) is 14.4. The van der Waals surface area contributed by atoms with Gasteiger partial charge in [-0.3, -0.25) is 0 Å². The number of nitrogens with two attached hydrogens (primary N) is 2. The van der Waals surface area contributed by atoms with Crippen molar-refractivity contribution in [1.29, 1.82) is 0 Å². The van der Waals surface area contributed by atoms with E-state index in [1.165, 1.54) is 17.7 Å². The summed E-state index contributed by atoms with van der Waals surface area (Å²) in [4.78, 5) is 0.0106. The minimum Gasteiger partial charge on any atom is -0.397 e. The standard InChI is InChI=1S/C14H17N3O2S/c1-10-4-2-3-5-11(10)9-17-14-7-6-12(8-13(14)15)20(16,18)19/h2-8,17H,9,15H2,1H3,(H2,16,18,19). The average molecular weight is 291 g/mol. The Morgan fingerprint density at radius 3 is 2.45 bits per heavy atom. The fraction of sp³-hybridized carbons (Fsp3) is 0.143. The van der Waals surface area contributed by atoms with Crippen LogP contribution < -0.4 is 16.2 Å². The van der Waals surface area contributed by atoms with E-state index < -0.39 is 10.0 Å². The van der Waals surface area contributed by atoms with E-state index in [-0.39, 0.29) is 4.90 Å². The summed E-state index contributed by atoms with van der Waals surface area (Å²) in [6.07, 6.45) is 0. The van der Waals surface area contributed by atoms with Crippen LogP contribution in [-0.4, -0.2) is 8.42 Å². The molecule has 0 unspecified atom stereocenters. The van der Waals surface area contributed by atoms with Crippen LogP contribution in [0.1, 0.15) is 11.1 Å². The highest BCUT2D eigenvalue weighted by Crippen LogP contribution is 2.22. The highest BCUT2D eigenvalue weighted by molar-refractivity contribution is 7.89. The third-order valence-electron chi connectivity index (χ3n) is 3.08. The topological polar surface area (TPSA) is 98.2 Å². The van der Waals surface area contributed by atoms with Crippen LogP contribution >= 0.6 is 0 Å². The third-order valence-corrected chi connectivity index (χ3v) is 3.99. The van der Waals surface area contributed by atoms with Crippen LogP contribution in [0, 0.1) is 6.92 Å². The molecular weight excluding hydrogens is 274 g/mol. The Kier molecular flexibility index (Phi) is 3.96. The van der Waals surface area contributed by atoms with Crippen molar-refractivity contribution in [2.24, 2.45) is 5.14 Å². The Morgan fingerprint density at radius 2 is 1.85 bits per heavy atom. The van der Waals surface area contributed by atoms with Crippen LogP contribution in [0.15, 0.2) is 47.4 Å². The Labute approximate surface area is 118 Å². The van der Waals surface area contributed by atoms with Gasteiger partial charge in [0.15, 0.2) is 0 Å². The van der Waals surface area contributed by atoms with Gasteiger partial charge in [0.05, 0.1) is 16.3 Å². The second-order valence-electron chi connectivity index (χ2n) is 4.57. The van der Waals surface area contributed by atoms with Gasteiger partial charge in [0, 0.05) is 6.54 Å². The molecule has 106 valence electrons. The molecule has 0 saturated carbocycles. The third kappa shape index (κ3) is 3.28. The van der Waals surface area contributed by atoms with Crippen molar-refractivity contribution >= 4 is 21.4 Å². The molecule has 2 aromatic rings. The van der Waals surface area contributed by atoms with E-state index in [4.69, 9.17) is 10.9 Å². The Hall–Kier alpha value is -2.05. The fourth-order valence-electron chi connectivity index (χ4n) is 1.88. The molecule has 0 fully saturated rings. The first-order chi connectivity index (χ1) is 9.38. The van der Waals surface area contributed by atoms with Crippen molar-refractivity contribution in [3.05, 3.63) is 53.6 Å². The second kappa shape index (κ2) is 5.52. The molecule has 6 heteroatoms. The summed E-state index contributed by atoms with van der Waals surface area (Å²) in [5.74, 6) is 0. The molecule has 2 rings (SSSR count). The zero-order valence-electron chi connectivity index (χ0n) is 11.1. The SMILES string of the molecule is Cc1ccccc1CNc1ccc(S(N)(=O)=O)cc1N. The minimum absolute atomic E-state index is 0.0106. The van der Waals surface area contributed by atoms with E-state index in [2.05, 4.69) is 5.32 Å². The van der Waals surface area contributed by atoms with Crippen LogP contribution in [0.4, 0.5) is 11.4 Å². The van der Waals surface area contributed by atoms with Crippen LogP contribution in [0.5, 0.6) is 0 Å². The minimum atomic E-state index is -3.72. The molecule has 0 aliphatic carbocycles. The van der Waals surface area contributed by atoms with Gasteiger partial charge in [-0.25, -0.2) is 13.6 Å². The summed E-state index contributed by atoms with van der Waals surface area (Å²) in [5, 5.41) is 8.24. The molecule has 0 heterocycles. The number of nitrogen functional groups attached to an aromatic ring is 1. The van der Waals surface area contributed by atoms with Crippen molar-refractivity contribution in [2.45, 2.75) is 18.4 Å². The zero-order chi connectivity index (χ0) is 14.8. The predicted octanol–water partition coefficient (Wildman–Crippen LogP) is 1.84. The first-order valence-corrected chi connectivity index (χ1v) is 7.63. The van der Waals surface area contributed by atoms with Crippen molar-refractivity contribution in [3.8, 4) is 0 Å². The molecule has 2 aromatic carbocycles. The lowest BCUT2D eigenvalue weighted by molar-refractivity contribution is 0.598. The van der Waals surface area contributed by atoms with Gasteiger partial charge in [-0.1, -0.05) is 24.3 Å². The van der Waals surface area contributed by atoms with Crippen molar-refractivity contribution < 1.29 is 8.42 Å². The lowest BCUT2D eigenvalue weighted by Gasteiger charge is -2.12. The number of rotatable bonds is 4. The van der Waals surface area contributed by atoms with Crippen LogP contribution in [0.2, 0.25) is 0 Å². The number of hydrogen-bond donors (Lipinski definition) is 3. The zero-order valence-corrected chi connectivity index (χ0v) is 11.9. The van der Waals surface area contributed by atoms with Crippen molar-refractivity contribution in [2.75, 3.05) is 11.1 Å². The van der Waals surface area contributed by atoms with Crippen LogP contribution in [-0.2, 0) is 16.6 Å². The van der Waals surface area contributed by atoms with Gasteiger partial charge in [0.25, 0.3) is 0 Å². The number of sulfonamides is 1. The number of anilines is 2. The summed E-state index contributed by atoms with van der Waals surface area (Å²) in [7, 11) is -3.72. The average Bonchev–Trinajstić information content (AvgIpc) is 2.38. The predicted molar refractivity (Wildman–Crippen MR) is 80.7 cm³/mol. The van der Waals surface area contributed by atoms with Gasteiger partial charge in [-0.15, -0.1) is 0 Å². The molecule has 0 atom stereocenters. The molecular formula is C14H17N3O2S. The Balaban J connectivity index is 2.17. The van der Waals surface area contributed by atoms with Gasteiger partial charge in [0.1, 0.15) is 0 Å². The van der Waals surface area contributed by atoms with E-state index in [0.717, 1.165) is 5.56 Å². The molecule has 0 aromatic heterocycles. The van der Waals surface area contributed by atoms with Crippen molar-refractivity contribution in [3.63, 3.8) is 0 Å². The van der Waals surface area contributed by atoms with Gasteiger partial charge in [-0.2, -0.15) is 0 Å². The summed E-state index contributed by atoms with van der Waals surface area (Å²) >= 11 is 0. The molecule has 20 heavy (non-hydrogen) atoms. The van der Waals surface area contributed by atoms with E-state index in [9.17, 15) is 8.42 Å². The number of aryl methyl sites for hydroxylation is 1. The lowest BCUT2D eigenvalue weighted by Crippen LogP contribution is -2.13. The maximum atomic E-state index is 11.2. The number of benzene rings is 2. The largest absolute Gasteiger partial charge is 0.397 e.